The van der Waals surface area contributed by atoms with E-state index in [9.17, 15) is 4.79 Å². The Balaban J connectivity index is 2.48. The summed E-state index contributed by atoms with van der Waals surface area (Å²) in [5.74, 6) is -0.0275. The Labute approximate surface area is 103 Å². The Morgan fingerprint density at radius 2 is 2.24 bits per heavy atom. The molecule has 1 aromatic carbocycles. The molecule has 1 aromatic heterocycles. The lowest BCUT2D eigenvalue weighted by Crippen LogP contribution is -2.30. The molecule has 1 heterocycles. The number of amides is 1. The fraction of sp³-hybridized carbons (Fsp3) is 0.167. The first-order valence-electron chi connectivity index (χ1n) is 5.09. The lowest BCUT2D eigenvalue weighted by atomic mass is 10.2. The predicted octanol–water partition coefficient (Wildman–Crippen LogP) is 2.14. The number of aromatic nitrogens is 1. The van der Waals surface area contributed by atoms with Crippen molar-refractivity contribution in [2.45, 2.75) is 13.0 Å². The number of nitrogens with zero attached hydrogens (tertiary/aromatic N) is 1. The fourth-order valence-corrected chi connectivity index (χ4v) is 1.67. The molecule has 4 nitrogen and oxygen atoms in total. The third-order valence-corrected chi connectivity index (χ3v) is 2.71. The molecule has 0 saturated heterocycles. The van der Waals surface area contributed by atoms with Gasteiger partial charge < -0.3 is 10.5 Å². The molecule has 0 aliphatic rings. The summed E-state index contributed by atoms with van der Waals surface area (Å²) in [5, 5.41) is 1.37. The average Bonchev–Trinajstić information content (AvgIpc) is 2.33. The van der Waals surface area contributed by atoms with Crippen LogP contribution < -0.4 is 10.5 Å². The number of ether oxygens (including phenoxy) is 1. The summed E-state index contributed by atoms with van der Waals surface area (Å²) in [5.41, 5.74) is 5.77. The highest BCUT2D eigenvalue weighted by Gasteiger charge is 2.13. The Morgan fingerprint density at radius 1 is 1.47 bits per heavy atom. The monoisotopic (exact) mass is 250 g/mol. The number of carbonyl (C=O) groups is 1. The van der Waals surface area contributed by atoms with E-state index in [1.54, 1.807) is 31.3 Å². The number of fused-ring (bicyclic) bond motifs is 1. The zero-order valence-electron chi connectivity index (χ0n) is 9.18. The van der Waals surface area contributed by atoms with Gasteiger partial charge in [-0.25, -0.2) is 0 Å². The Morgan fingerprint density at radius 3 is 2.94 bits per heavy atom. The van der Waals surface area contributed by atoms with Gasteiger partial charge in [0.05, 0.1) is 5.02 Å². The minimum Gasteiger partial charge on any atom is -0.479 e. The minimum absolute atomic E-state index is 0.497. The summed E-state index contributed by atoms with van der Waals surface area (Å²) < 4.78 is 5.45. The zero-order chi connectivity index (χ0) is 12.4. The normalized spacial score (nSPS) is 12.4. The summed E-state index contributed by atoms with van der Waals surface area (Å²) in [4.78, 5) is 15.2. The summed E-state index contributed by atoms with van der Waals surface area (Å²) in [7, 11) is 0. The maximum atomic E-state index is 11.0. The molecule has 0 aliphatic carbocycles. The summed E-state index contributed by atoms with van der Waals surface area (Å²) in [6.07, 6.45) is 0.932. The molecule has 1 unspecified atom stereocenters. The Bertz CT molecular complexity index is 571. The second kappa shape index (κ2) is 4.59. The van der Waals surface area contributed by atoms with Gasteiger partial charge in [0.2, 0.25) is 0 Å². The van der Waals surface area contributed by atoms with E-state index in [-0.39, 0.29) is 0 Å². The molecule has 0 fully saturated rings. The van der Waals surface area contributed by atoms with Crippen LogP contribution in [0.4, 0.5) is 0 Å². The highest BCUT2D eigenvalue weighted by Crippen LogP contribution is 2.30. The number of hydrogen-bond donors (Lipinski definition) is 1. The molecule has 5 heteroatoms. The molecule has 0 saturated carbocycles. The first kappa shape index (κ1) is 11.7. The fourth-order valence-electron chi connectivity index (χ4n) is 1.46. The minimum atomic E-state index is -0.707. The van der Waals surface area contributed by atoms with Crippen LogP contribution in [0.5, 0.6) is 5.75 Å². The lowest BCUT2D eigenvalue weighted by molar-refractivity contribution is -0.123. The molecule has 2 rings (SSSR count). The number of halogens is 1. The summed E-state index contributed by atoms with van der Waals surface area (Å²) in [6.45, 7) is 1.59. The third-order valence-electron chi connectivity index (χ3n) is 2.38. The lowest BCUT2D eigenvalue weighted by Gasteiger charge is -2.13. The van der Waals surface area contributed by atoms with Crippen LogP contribution in [0.2, 0.25) is 5.02 Å². The number of primary amides is 1. The molecule has 0 bridgehead atoms. The van der Waals surface area contributed by atoms with Gasteiger partial charge in [0.15, 0.2) is 6.10 Å². The van der Waals surface area contributed by atoms with Crippen molar-refractivity contribution in [3.8, 4) is 5.75 Å². The van der Waals surface area contributed by atoms with Crippen LogP contribution >= 0.6 is 11.6 Å². The maximum Gasteiger partial charge on any atom is 0.258 e. The molecule has 2 aromatic rings. The Hall–Kier alpha value is -1.81. The van der Waals surface area contributed by atoms with Crippen LogP contribution in [-0.2, 0) is 4.79 Å². The predicted molar refractivity (Wildman–Crippen MR) is 66.0 cm³/mol. The van der Waals surface area contributed by atoms with Gasteiger partial charge in [-0.15, -0.1) is 0 Å². The zero-order valence-corrected chi connectivity index (χ0v) is 9.94. The molecule has 88 valence electrons. The molecule has 0 spiro atoms. The van der Waals surface area contributed by atoms with Gasteiger partial charge in [-0.1, -0.05) is 11.6 Å². The van der Waals surface area contributed by atoms with Crippen molar-refractivity contribution in [3.05, 3.63) is 35.5 Å². The van der Waals surface area contributed by atoms with Crippen LogP contribution in [0, 0.1) is 0 Å². The number of hydrogen-bond acceptors (Lipinski definition) is 3. The van der Waals surface area contributed by atoms with Gasteiger partial charge in [-0.2, -0.15) is 0 Å². The molecule has 0 aliphatic heterocycles. The highest BCUT2D eigenvalue weighted by molar-refractivity contribution is 6.35. The van der Waals surface area contributed by atoms with E-state index in [1.807, 2.05) is 6.07 Å². The van der Waals surface area contributed by atoms with Crippen LogP contribution in [0.3, 0.4) is 0 Å². The van der Waals surface area contributed by atoms with Gasteiger partial charge in [0.25, 0.3) is 5.91 Å². The third kappa shape index (κ3) is 2.31. The highest BCUT2D eigenvalue weighted by atomic mass is 35.5. The summed E-state index contributed by atoms with van der Waals surface area (Å²) >= 11 is 6.04. The van der Waals surface area contributed by atoms with Gasteiger partial charge in [-0.05, 0) is 31.2 Å². The molecule has 2 N–H and O–H groups in total. The summed E-state index contributed by atoms with van der Waals surface area (Å²) in [6, 6.07) is 7.01. The molecule has 1 atom stereocenters. The SMILES string of the molecule is CC(Oc1ccc(Cl)c2cccnc12)C(N)=O. The average molecular weight is 251 g/mol. The van der Waals surface area contributed by atoms with Crippen molar-refractivity contribution in [2.24, 2.45) is 5.73 Å². The first-order valence-corrected chi connectivity index (χ1v) is 5.46. The number of rotatable bonds is 3. The molecule has 0 radical (unpaired) electrons. The standard InChI is InChI=1S/C12H11ClN2O2/c1-7(12(14)16)17-10-5-4-9(13)8-3-2-6-15-11(8)10/h2-7H,1H3,(H2,14,16). The van der Waals surface area contributed by atoms with E-state index in [4.69, 9.17) is 22.1 Å². The van der Waals surface area contributed by atoms with Crippen molar-refractivity contribution >= 4 is 28.4 Å². The van der Waals surface area contributed by atoms with Crippen molar-refractivity contribution < 1.29 is 9.53 Å². The van der Waals surface area contributed by atoms with Crippen molar-refractivity contribution in [2.75, 3.05) is 0 Å². The second-order valence-corrected chi connectivity index (χ2v) is 4.01. The number of benzene rings is 1. The van der Waals surface area contributed by atoms with Crippen LogP contribution in [0.25, 0.3) is 10.9 Å². The topological polar surface area (TPSA) is 65.2 Å². The van der Waals surface area contributed by atoms with Crippen molar-refractivity contribution in [1.29, 1.82) is 0 Å². The van der Waals surface area contributed by atoms with Gasteiger partial charge in [0.1, 0.15) is 11.3 Å². The molecular weight excluding hydrogens is 240 g/mol. The number of carbonyl (C=O) groups excluding carboxylic acids is 1. The molecule has 17 heavy (non-hydrogen) atoms. The number of nitrogens with two attached hydrogens (primary N) is 1. The largest absolute Gasteiger partial charge is 0.479 e. The number of pyridine rings is 1. The van der Waals surface area contributed by atoms with E-state index >= 15 is 0 Å². The first-order chi connectivity index (χ1) is 8.09. The van der Waals surface area contributed by atoms with Crippen molar-refractivity contribution in [3.63, 3.8) is 0 Å². The van der Waals surface area contributed by atoms with Crippen LogP contribution in [0.15, 0.2) is 30.5 Å². The van der Waals surface area contributed by atoms with E-state index in [0.29, 0.717) is 16.3 Å². The second-order valence-electron chi connectivity index (χ2n) is 3.61. The van der Waals surface area contributed by atoms with E-state index in [0.717, 1.165) is 5.39 Å². The van der Waals surface area contributed by atoms with Gasteiger partial charge in [-0.3, -0.25) is 9.78 Å². The smallest absolute Gasteiger partial charge is 0.258 e. The Kier molecular flexibility index (Phi) is 3.15. The molecular formula is C12H11ClN2O2. The van der Waals surface area contributed by atoms with Crippen LogP contribution in [0.1, 0.15) is 6.92 Å². The molecule has 1 amide bonds. The van der Waals surface area contributed by atoms with E-state index < -0.39 is 12.0 Å². The van der Waals surface area contributed by atoms with E-state index in [2.05, 4.69) is 4.98 Å². The van der Waals surface area contributed by atoms with Crippen LogP contribution in [-0.4, -0.2) is 17.0 Å². The maximum absolute atomic E-state index is 11.0. The van der Waals surface area contributed by atoms with Crippen molar-refractivity contribution in [1.82, 2.24) is 4.98 Å². The van der Waals surface area contributed by atoms with Gasteiger partial charge >= 0.3 is 0 Å². The quantitative estimate of drug-likeness (QED) is 0.908. The van der Waals surface area contributed by atoms with Gasteiger partial charge in [0, 0.05) is 11.6 Å². The van der Waals surface area contributed by atoms with E-state index in [1.165, 1.54) is 0 Å².